The molecular formula is C23H23Cl2N3O4. The highest BCUT2D eigenvalue weighted by atomic mass is 35.5. The molecule has 0 unspecified atom stereocenters. The van der Waals surface area contributed by atoms with Gasteiger partial charge in [-0.15, -0.1) is 0 Å². The van der Waals surface area contributed by atoms with Crippen LogP contribution in [0.1, 0.15) is 59.2 Å². The molecule has 0 bridgehead atoms. The summed E-state index contributed by atoms with van der Waals surface area (Å²) in [6.45, 7) is 0.661. The van der Waals surface area contributed by atoms with Gasteiger partial charge in [-0.05, 0) is 55.9 Å². The summed E-state index contributed by atoms with van der Waals surface area (Å²) in [6.07, 6.45) is 6.45. The Morgan fingerprint density at radius 3 is 2.50 bits per heavy atom. The predicted molar refractivity (Wildman–Crippen MR) is 123 cm³/mol. The standard InChI is InChI=1S/C23H23Cl2N3O4/c24-17-10-9-16(22(26)29)21(25)20(17)15-8-7-14(12-19(15)28(31)32)23(30)27-11-3-5-13-4-1-2-6-18(13)27/h7-10,12-13,18H,1-6,11H2,(H2,26,29)/t13-,18+/m0/s1. The number of carbonyl (C=O) groups excluding carboxylic acids is 2. The molecule has 2 atom stereocenters. The molecule has 7 nitrogen and oxygen atoms in total. The number of piperidine rings is 1. The molecule has 4 rings (SSSR count). The summed E-state index contributed by atoms with van der Waals surface area (Å²) < 4.78 is 0. The Balaban J connectivity index is 1.75. The van der Waals surface area contributed by atoms with Crippen molar-refractivity contribution in [2.75, 3.05) is 6.54 Å². The van der Waals surface area contributed by atoms with Crippen LogP contribution in [0.15, 0.2) is 30.3 Å². The van der Waals surface area contributed by atoms with Crippen molar-refractivity contribution in [2.45, 2.75) is 44.6 Å². The topological polar surface area (TPSA) is 107 Å². The molecule has 2 aliphatic rings. The number of amides is 2. The second-order valence-electron chi connectivity index (χ2n) is 8.39. The van der Waals surface area contributed by atoms with Gasteiger partial charge in [-0.3, -0.25) is 19.7 Å². The van der Waals surface area contributed by atoms with E-state index in [-0.39, 0.29) is 49.9 Å². The van der Waals surface area contributed by atoms with Crippen LogP contribution in [0.2, 0.25) is 10.0 Å². The monoisotopic (exact) mass is 475 g/mol. The third-order valence-corrected chi connectivity index (χ3v) is 7.28. The zero-order valence-electron chi connectivity index (χ0n) is 17.4. The highest BCUT2D eigenvalue weighted by Crippen LogP contribution is 2.42. The minimum absolute atomic E-state index is 0.0113. The lowest BCUT2D eigenvalue weighted by Gasteiger charge is -2.44. The molecule has 0 aromatic heterocycles. The Morgan fingerprint density at radius 1 is 1.06 bits per heavy atom. The predicted octanol–water partition coefficient (Wildman–Crippen LogP) is 5.46. The molecule has 168 valence electrons. The van der Waals surface area contributed by atoms with Crippen LogP contribution in [0.4, 0.5) is 5.69 Å². The molecule has 9 heteroatoms. The number of nitro groups is 1. The fourth-order valence-electron chi connectivity index (χ4n) is 5.06. The van der Waals surface area contributed by atoms with Gasteiger partial charge in [-0.2, -0.15) is 0 Å². The first kappa shape index (κ1) is 22.6. The second kappa shape index (κ2) is 9.08. The molecule has 2 N–H and O–H groups in total. The van der Waals surface area contributed by atoms with Gasteiger partial charge in [0.25, 0.3) is 11.6 Å². The fraction of sp³-hybridized carbons (Fsp3) is 0.391. The van der Waals surface area contributed by atoms with E-state index in [1.54, 1.807) is 6.07 Å². The van der Waals surface area contributed by atoms with Crippen molar-refractivity contribution in [2.24, 2.45) is 11.7 Å². The molecule has 1 saturated heterocycles. The molecule has 1 saturated carbocycles. The number of likely N-dealkylation sites (tertiary alicyclic amines) is 1. The van der Waals surface area contributed by atoms with E-state index in [1.807, 2.05) is 4.90 Å². The summed E-state index contributed by atoms with van der Waals surface area (Å²) in [5.74, 6) is -0.460. The van der Waals surface area contributed by atoms with Crippen LogP contribution in [0, 0.1) is 16.0 Å². The van der Waals surface area contributed by atoms with Crippen molar-refractivity contribution in [1.82, 2.24) is 4.90 Å². The fourth-order valence-corrected chi connectivity index (χ4v) is 5.73. The molecule has 0 spiro atoms. The van der Waals surface area contributed by atoms with E-state index in [1.165, 1.54) is 30.7 Å². The summed E-state index contributed by atoms with van der Waals surface area (Å²) in [6, 6.07) is 7.28. The normalized spacial score (nSPS) is 20.5. The van der Waals surface area contributed by atoms with Crippen molar-refractivity contribution >= 4 is 40.7 Å². The summed E-state index contributed by atoms with van der Waals surface area (Å²) >= 11 is 12.6. The van der Waals surface area contributed by atoms with Crippen LogP contribution in [0.25, 0.3) is 11.1 Å². The van der Waals surface area contributed by atoms with Gasteiger partial charge >= 0.3 is 0 Å². The van der Waals surface area contributed by atoms with Gasteiger partial charge in [0.05, 0.1) is 26.1 Å². The lowest BCUT2D eigenvalue weighted by Crippen LogP contribution is -2.49. The van der Waals surface area contributed by atoms with Gasteiger partial charge < -0.3 is 10.6 Å². The van der Waals surface area contributed by atoms with Crippen molar-refractivity contribution in [1.29, 1.82) is 0 Å². The SMILES string of the molecule is NC(=O)c1ccc(Cl)c(-c2ccc(C(=O)N3CCC[C@@H]4CCCC[C@H]43)cc2[N+](=O)[O-])c1Cl. The largest absolute Gasteiger partial charge is 0.366 e. The number of nitro benzene ring substituents is 1. The van der Waals surface area contributed by atoms with Crippen molar-refractivity contribution < 1.29 is 14.5 Å². The molecule has 32 heavy (non-hydrogen) atoms. The molecular weight excluding hydrogens is 453 g/mol. The molecule has 1 aliphatic heterocycles. The summed E-state index contributed by atoms with van der Waals surface area (Å²) in [5.41, 5.74) is 5.58. The van der Waals surface area contributed by atoms with Crippen LogP contribution in [0.5, 0.6) is 0 Å². The van der Waals surface area contributed by atoms with Gasteiger partial charge in [0.15, 0.2) is 0 Å². The molecule has 1 heterocycles. The molecule has 2 fully saturated rings. The number of primary amides is 1. The summed E-state index contributed by atoms with van der Waals surface area (Å²) in [7, 11) is 0. The highest BCUT2D eigenvalue weighted by molar-refractivity contribution is 6.41. The number of halogens is 2. The molecule has 2 aromatic rings. The number of hydrogen-bond donors (Lipinski definition) is 1. The van der Waals surface area contributed by atoms with Gasteiger partial charge in [-0.25, -0.2) is 0 Å². The molecule has 2 aromatic carbocycles. The van der Waals surface area contributed by atoms with Crippen LogP contribution in [-0.2, 0) is 0 Å². The van der Waals surface area contributed by atoms with Gasteiger partial charge in [-0.1, -0.05) is 36.0 Å². The van der Waals surface area contributed by atoms with E-state index in [0.29, 0.717) is 12.5 Å². The molecule has 2 amide bonds. The Morgan fingerprint density at radius 2 is 1.78 bits per heavy atom. The highest BCUT2D eigenvalue weighted by Gasteiger charge is 2.36. The maximum Gasteiger partial charge on any atom is 0.278 e. The van der Waals surface area contributed by atoms with Crippen LogP contribution in [-0.4, -0.2) is 34.2 Å². The summed E-state index contributed by atoms with van der Waals surface area (Å²) in [4.78, 5) is 38.3. The average Bonchev–Trinajstić information content (AvgIpc) is 2.78. The molecule has 1 aliphatic carbocycles. The quantitative estimate of drug-likeness (QED) is 0.467. The smallest absolute Gasteiger partial charge is 0.278 e. The first-order chi connectivity index (χ1) is 15.3. The van der Waals surface area contributed by atoms with E-state index in [0.717, 1.165) is 32.1 Å². The molecule has 0 radical (unpaired) electrons. The zero-order valence-corrected chi connectivity index (χ0v) is 18.9. The van der Waals surface area contributed by atoms with Crippen LogP contribution in [0.3, 0.4) is 0 Å². The summed E-state index contributed by atoms with van der Waals surface area (Å²) in [5, 5.41) is 12.0. The van der Waals surface area contributed by atoms with E-state index >= 15 is 0 Å². The number of benzene rings is 2. The van der Waals surface area contributed by atoms with Crippen LogP contribution >= 0.6 is 23.2 Å². The van der Waals surface area contributed by atoms with Crippen molar-refractivity contribution in [3.63, 3.8) is 0 Å². The van der Waals surface area contributed by atoms with E-state index < -0.39 is 10.8 Å². The number of carbonyl (C=O) groups is 2. The number of fused-ring (bicyclic) bond motifs is 1. The maximum atomic E-state index is 13.3. The lowest BCUT2D eigenvalue weighted by atomic mass is 9.78. The first-order valence-electron chi connectivity index (χ1n) is 10.7. The zero-order chi connectivity index (χ0) is 23.0. The van der Waals surface area contributed by atoms with E-state index in [2.05, 4.69) is 0 Å². The number of nitrogens with zero attached hydrogens (tertiary/aromatic N) is 2. The van der Waals surface area contributed by atoms with Gasteiger partial charge in [0, 0.05) is 29.8 Å². The van der Waals surface area contributed by atoms with Crippen molar-refractivity contribution in [3.05, 3.63) is 61.6 Å². The lowest BCUT2D eigenvalue weighted by molar-refractivity contribution is -0.384. The van der Waals surface area contributed by atoms with Gasteiger partial charge in [0.2, 0.25) is 5.91 Å². The number of hydrogen-bond acceptors (Lipinski definition) is 4. The van der Waals surface area contributed by atoms with E-state index in [4.69, 9.17) is 28.9 Å². The van der Waals surface area contributed by atoms with Gasteiger partial charge in [0.1, 0.15) is 0 Å². The minimum Gasteiger partial charge on any atom is -0.366 e. The third-order valence-electron chi connectivity index (χ3n) is 6.57. The van der Waals surface area contributed by atoms with Crippen LogP contribution < -0.4 is 5.73 Å². The van der Waals surface area contributed by atoms with E-state index in [9.17, 15) is 19.7 Å². The number of nitrogens with two attached hydrogens (primary N) is 1. The minimum atomic E-state index is -0.769. The Kier molecular flexibility index (Phi) is 6.40. The van der Waals surface area contributed by atoms with Crippen molar-refractivity contribution in [3.8, 4) is 11.1 Å². The average molecular weight is 476 g/mol. The Labute approximate surface area is 195 Å². The first-order valence-corrected chi connectivity index (χ1v) is 11.4. The maximum absolute atomic E-state index is 13.3. The second-order valence-corrected chi connectivity index (χ2v) is 9.18. The third kappa shape index (κ3) is 4.07. The Bertz CT molecular complexity index is 1100. The number of rotatable bonds is 4. The Hall–Kier alpha value is -2.64.